The molecule has 1 heterocycles. The summed E-state index contributed by atoms with van der Waals surface area (Å²) in [6, 6.07) is 6.49. The van der Waals surface area contributed by atoms with Gasteiger partial charge < -0.3 is 5.73 Å². The van der Waals surface area contributed by atoms with E-state index in [1.807, 2.05) is 13.8 Å². The van der Waals surface area contributed by atoms with Crippen LogP contribution in [0.15, 0.2) is 23.2 Å². The van der Waals surface area contributed by atoms with Crippen molar-refractivity contribution in [2.24, 2.45) is 5.73 Å². The normalized spacial score (nSPS) is 10.7. The number of thioether (sulfide) groups is 1. The van der Waals surface area contributed by atoms with Crippen molar-refractivity contribution in [3.05, 3.63) is 51.7 Å². The van der Waals surface area contributed by atoms with E-state index in [0.29, 0.717) is 5.56 Å². The highest BCUT2D eigenvalue weighted by Crippen LogP contribution is 2.27. The molecule has 110 valence electrons. The Morgan fingerprint density at radius 2 is 1.71 bits per heavy atom. The highest BCUT2D eigenvalue weighted by Gasteiger charge is 2.14. The molecule has 0 aliphatic rings. The fraction of sp³-hybridized carbons (Fsp3) is 0.312. The fourth-order valence-electron chi connectivity index (χ4n) is 2.31. The number of nitrogens with two attached hydrogens (primary N) is 1. The molecule has 1 aromatic heterocycles. The van der Waals surface area contributed by atoms with Crippen molar-refractivity contribution in [1.29, 1.82) is 5.41 Å². The molecule has 2 rings (SSSR count). The first-order valence-electron chi connectivity index (χ1n) is 6.76. The highest BCUT2D eigenvalue weighted by molar-refractivity contribution is 7.98. The lowest BCUT2D eigenvalue weighted by Gasteiger charge is -2.11. The lowest BCUT2D eigenvalue weighted by molar-refractivity contribution is 0.872. The average Bonchev–Trinajstić information content (AvgIpc) is 2.38. The van der Waals surface area contributed by atoms with Crippen LogP contribution in [0, 0.1) is 33.1 Å². The molecule has 3 N–H and O–H groups in total. The van der Waals surface area contributed by atoms with Gasteiger partial charge in [-0.25, -0.2) is 0 Å². The van der Waals surface area contributed by atoms with Gasteiger partial charge in [-0.2, -0.15) is 5.10 Å². The molecule has 0 bridgehead atoms. The fourth-order valence-corrected chi connectivity index (χ4v) is 3.28. The Bertz CT molecular complexity index is 675. The summed E-state index contributed by atoms with van der Waals surface area (Å²) < 4.78 is 0. The Balaban J connectivity index is 2.28. The Labute approximate surface area is 129 Å². The maximum Gasteiger partial charge on any atom is 0.130 e. The van der Waals surface area contributed by atoms with E-state index in [4.69, 9.17) is 11.1 Å². The van der Waals surface area contributed by atoms with Crippen molar-refractivity contribution in [3.63, 3.8) is 0 Å². The smallest absolute Gasteiger partial charge is 0.130 e. The minimum Gasteiger partial charge on any atom is -0.384 e. The zero-order chi connectivity index (χ0) is 15.6. The van der Waals surface area contributed by atoms with Crippen LogP contribution in [-0.4, -0.2) is 16.0 Å². The maximum absolute atomic E-state index is 7.76. The number of nitrogen functional groups attached to an aromatic ring is 1. The number of rotatable bonds is 4. The SMILES string of the molecule is Cc1cc(C)cc(CSc2nnc(C)c(C)c2C(=N)N)c1. The second-order valence-electron chi connectivity index (χ2n) is 5.29. The molecule has 0 saturated carbocycles. The number of nitrogens with one attached hydrogen (secondary N) is 1. The summed E-state index contributed by atoms with van der Waals surface area (Å²) in [7, 11) is 0. The van der Waals surface area contributed by atoms with E-state index in [1.165, 1.54) is 16.7 Å². The lowest BCUT2D eigenvalue weighted by Crippen LogP contribution is -2.16. The summed E-state index contributed by atoms with van der Waals surface area (Å²) >= 11 is 1.57. The molecule has 4 nitrogen and oxygen atoms in total. The van der Waals surface area contributed by atoms with Gasteiger partial charge in [0.25, 0.3) is 0 Å². The van der Waals surface area contributed by atoms with Crippen LogP contribution in [0.25, 0.3) is 0 Å². The van der Waals surface area contributed by atoms with Crippen LogP contribution in [-0.2, 0) is 5.75 Å². The van der Waals surface area contributed by atoms with Crippen molar-refractivity contribution >= 4 is 17.6 Å². The van der Waals surface area contributed by atoms with Gasteiger partial charge in [0.15, 0.2) is 0 Å². The Hall–Kier alpha value is -1.88. The largest absolute Gasteiger partial charge is 0.384 e. The molecule has 5 heteroatoms. The zero-order valence-corrected chi connectivity index (χ0v) is 13.6. The van der Waals surface area contributed by atoms with E-state index < -0.39 is 0 Å². The molecule has 0 aliphatic heterocycles. The third kappa shape index (κ3) is 3.61. The van der Waals surface area contributed by atoms with Crippen LogP contribution in [0.5, 0.6) is 0 Å². The predicted octanol–water partition coefficient (Wildman–Crippen LogP) is 3.29. The number of aromatic nitrogens is 2. The van der Waals surface area contributed by atoms with Gasteiger partial charge in [-0.1, -0.05) is 41.1 Å². The molecule has 0 saturated heterocycles. The van der Waals surface area contributed by atoms with E-state index in [2.05, 4.69) is 42.2 Å². The van der Waals surface area contributed by atoms with E-state index in [1.54, 1.807) is 11.8 Å². The van der Waals surface area contributed by atoms with Crippen molar-refractivity contribution in [2.45, 2.75) is 38.5 Å². The minimum absolute atomic E-state index is 0.0495. The third-order valence-electron chi connectivity index (χ3n) is 3.35. The Morgan fingerprint density at radius 1 is 1.10 bits per heavy atom. The van der Waals surface area contributed by atoms with Gasteiger partial charge in [0.2, 0.25) is 0 Å². The quantitative estimate of drug-likeness (QED) is 0.516. The van der Waals surface area contributed by atoms with E-state index >= 15 is 0 Å². The molecule has 0 atom stereocenters. The zero-order valence-electron chi connectivity index (χ0n) is 12.8. The van der Waals surface area contributed by atoms with Crippen LogP contribution in [0.4, 0.5) is 0 Å². The van der Waals surface area contributed by atoms with Gasteiger partial charge in [-0.3, -0.25) is 5.41 Å². The lowest BCUT2D eigenvalue weighted by atomic mass is 10.1. The second-order valence-corrected chi connectivity index (χ2v) is 6.25. The Morgan fingerprint density at radius 3 is 2.29 bits per heavy atom. The van der Waals surface area contributed by atoms with Gasteiger partial charge in [-0.15, -0.1) is 5.10 Å². The molecular weight excluding hydrogens is 280 g/mol. The number of nitrogens with zero attached hydrogens (tertiary/aromatic N) is 2. The molecule has 21 heavy (non-hydrogen) atoms. The molecule has 0 fully saturated rings. The summed E-state index contributed by atoms with van der Waals surface area (Å²) in [6.45, 7) is 8.00. The number of aryl methyl sites for hydroxylation is 3. The van der Waals surface area contributed by atoms with Gasteiger partial charge in [0, 0.05) is 5.75 Å². The van der Waals surface area contributed by atoms with Crippen LogP contribution in [0.1, 0.15) is 33.5 Å². The first-order chi connectivity index (χ1) is 9.88. The second kappa shape index (κ2) is 6.26. The molecule has 1 aromatic carbocycles. The van der Waals surface area contributed by atoms with Crippen LogP contribution < -0.4 is 5.73 Å². The summed E-state index contributed by atoms with van der Waals surface area (Å²) in [4.78, 5) is 0. The van der Waals surface area contributed by atoms with Crippen LogP contribution in [0.3, 0.4) is 0 Å². The van der Waals surface area contributed by atoms with Crippen LogP contribution in [0.2, 0.25) is 0 Å². The monoisotopic (exact) mass is 300 g/mol. The number of hydrogen-bond acceptors (Lipinski definition) is 4. The number of benzene rings is 1. The third-order valence-corrected chi connectivity index (χ3v) is 4.39. The van der Waals surface area contributed by atoms with Crippen molar-refractivity contribution in [2.75, 3.05) is 0 Å². The number of hydrogen-bond donors (Lipinski definition) is 2. The molecular formula is C16H20N4S. The van der Waals surface area contributed by atoms with Gasteiger partial charge >= 0.3 is 0 Å². The Kier molecular flexibility index (Phi) is 4.63. The van der Waals surface area contributed by atoms with Crippen LogP contribution >= 0.6 is 11.8 Å². The van der Waals surface area contributed by atoms with Crippen molar-refractivity contribution in [3.8, 4) is 0 Å². The summed E-state index contributed by atoms with van der Waals surface area (Å²) in [5.41, 5.74) is 11.9. The molecule has 0 spiro atoms. The first kappa shape index (κ1) is 15.5. The van der Waals surface area contributed by atoms with Crippen molar-refractivity contribution < 1.29 is 0 Å². The molecule has 0 radical (unpaired) electrons. The van der Waals surface area contributed by atoms with E-state index in [9.17, 15) is 0 Å². The van der Waals surface area contributed by atoms with Crippen molar-refractivity contribution in [1.82, 2.24) is 10.2 Å². The minimum atomic E-state index is 0.0495. The van der Waals surface area contributed by atoms with Gasteiger partial charge in [-0.05, 0) is 38.8 Å². The van der Waals surface area contributed by atoms with Gasteiger partial charge in [0.05, 0.1) is 11.3 Å². The molecule has 0 unspecified atom stereocenters. The first-order valence-corrected chi connectivity index (χ1v) is 7.75. The standard InChI is InChI=1S/C16H20N4S/c1-9-5-10(2)7-13(6-9)8-21-16-14(15(17)18)11(3)12(4)19-20-16/h5-7H,8H2,1-4H3,(H3,17,18). The number of amidine groups is 1. The summed E-state index contributed by atoms with van der Waals surface area (Å²) in [6.07, 6.45) is 0. The maximum atomic E-state index is 7.76. The topological polar surface area (TPSA) is 75.7 Å². The molecule has 0 amide bonds. The summed E-state index contributed by atoms with van der Waals surface area (Å²) in [5, 5.41) is 16.8. The predicted molar refractivity (Wildman–Crippen MR) is 88.0 cm³/mol. The highest BCUT2D eigenvalue weighted by atomic mass is 32.2. The summed E-state index contributed by atoms with van der Waals surface area (Å²) in [5.74, 6) is 0.841. The molecule has 2 aromatic rings. The van der Waals surface area contributed by atoms with E-state index in [0.717, 1.165) is 22.0 Å². The average molecular weight is 300 g/mol. The molecule has 0 aliphatic carbocycles. The van der Waals surface area contributed by atoms with E-state index in [-0.39, 0.29) is 5.84 Å². The van der Waals surface area contributed by atoms with Gasteiger partial charge in [0.1, 0.15) is 10.9 Å².